The molecule has 0 spiro atoms. The summed E-state index contributed by atoms with van der Waals surface area (Å²) in [6, 6.07) is 6.77. The van der Waals surface area contributed by atoms with Gasteiger partial charge in [-0.2, -0.15) is 0 Å². The van der Waals surface area contributed by atoms with Crippen LogP contribution < -0.4 is 5.32 Å². The highest BCUT2D eigenvalue weighted by molar-refractivity contribution is 5.48. The number of hydrogen-bond acceptors (Lipinski definition) is 3. The van der Waals surface area contributed by atoms with Gasteiger partial charge in [0.1, 0.15) is 5.75 Å². The van der Waals surface area contributed by atoms with Crippen molar-refractivity contribution in [2.75, 3.05) is 5.32 Å². The van der Waals surface area contributed by atoms with Gasteiger partial charge >= 0.3 is 0 Å². The van der Waals surface area contributed by atoms with E-state index in [9.17, 15) is 10.2 Å². The summed E-state index contributed by atoms with van der Waals surface area (Å²) in [5.74, 6) is 0.220. The Labute approximate surface area is 84.4 Å². The molecule has 1 unspecified atom stereocenters. The molecule has 0 saturated heterocycles. The summed E-state index contributed by atoms with van der Waals surface area (Å²) >= 11 is 0. The van der Waals surface area contributed by atoms with Crippen LogP contribution in [0.2, 0.25) is 0 Å². The van der Waals surface area contributed by atoms with Crippen molar-refractivity contribution >= 4 is 5.69 Å². The van der Waals surface area contributed by atoms with Gasteiger partial charge in [0.15, 0.2) is 0 Å². The van der Waals surface area contributed by atoms with E-state index in [2.05, 4.69) is 5.32 Å². The van der Waals surface area contributed by atoms with Crippen molar-refractivity contribution in [2.24, 2.45) is 0 Å². The van der Waals surface area contributed by atoms with Crippen LogP contribution in [-0.2, 0) is 0 Å². The van der Waals surface area contributed by atoms with Gasteiger partial charge in [-0.15, -0.1) is 0 Å². The second kappa shape index (κ2) is 3.88. The van der Waals surface area contributed by atoms with Crippen LogP contribution in [-0.4, -0.2) is 21.9 Å². The Kier molecular flexibility index (Phi) is 3.01. The van der Waals surface area contributed by atoms with Crippen LogP contribution in [0.3, 0.4) is 0 Å². The highest BCUT2D eigenvalue weighted by Crippen LogP contribution is 2.19. The van der Waals surface area contributed by atoms with E-state index in [-0.39, 0.29) is 11.8 Å². The van der Waals surface area contributed by atoms with Gasteiger partial charge in [-0.1, -0.05) is 6.07 Å². The van der Waals surface area contributed by atoms with Gasteiger partial charge in [-0.25, -0.2) is 0 Å². The molecule has 78 valence electrons. The molecule has 0 amide bonds. The fourth-order valence-corrected chi connectivity index (χ4v) is 1.02. The van der Waals surface area contributed by atoms with Crippen molar-refractivity contribution in [1.29, 1.82) is 0 Å². The van der Waals surface area contributed by atoms with Crippen LogP contribution in [0.25, 0.3) is 0 Å². The largest absolute Gasteiger partial charge is 0.508 e. The second-order valence-corrected chi connectivity index (χ2v) is 4.07. The molecular formula is C11H17NO2. The molecule has 3 nitrogen and oxygen atoms in total. The summed E-state index contributed by atoms with van der Waals surface area (Å²) in [5.41, 5.74) is 0.0190. The smallest absolute Gasteiger partial charge is 0.117 e. The average Bonchev–Trinajstić information content (AvgIpc) is 2.02. The zero-order chi connectivity index (χ0) is 10.8. The molecule has 14 heavy (non-hydrogen) atoms. The van der Waals surface area contributed by atoms with E-state index in [0.29, 0.717) is 0 Å². The molecule has 1 rings (SSSR count). The molecule has 0 aromatic heterocycles. The fourth-order valence-electron chi connectivity index (χ4n) is 1.02. The molecule has 3 heteroatoms. The van der Waals surface area contributed by atoms with E-state index in [1.165, 1.54) is 0 Å². The number of nitrogens with one attached hydrogen (secondary N) is 1. The molecule has 1 atom stereocenters. The third-order valence-corrected chi connectivity index (χ3v) is 2.29. The van der Waals surface area contributed by atoms with Crippen molar-refractivity contribution < 1.29 is 10.2 Å². The van der Waals surface area contributed by atoms with Gasteiger partial charge < -0.3 is 15.5 Å². The van der Waals surface area contributed by atoms with E-state index in [0.717, 1.165) is 5.69 Å². The van der Waals surface area contributed by atoms with Crippen LogP contribution in [0.4, 0.5) is 5.69 Å². The normalized spacial score (nSPS) is 13.7. The molecule has 0 aliphatic carbocycles. The molecule has 1 aromatic carbocycles. The SMILES string of the molecule is CC(Nc1cccc(O)c1)C(C)(C)O. The zero-order valence-corrected chi connectivity index (χ0v) is 8.78. The number of hydrogen-bond donors (Lipinski definition) is 3. The van der Waals surface area contributed by atoms with E-state index in [1.54, 1.807) is 32.0 Å². The Morgan fingerprint density at radius 3 is 2.50 bits per heavy atom. The molecule has 0 saturated carbocycles. The van der Waals surface area contributed by atoms with E-state index in [4.69, 9.17) is 0 Å². The maximum Gasteiger partial charge on any atom is 0.117 e. The van der Waals surface area contributed by atoms with Crippen LogP contribution in [0.5, 0.6) is 5.75 Å². The number of benzene rings is 1. The van der Waals surface area contributed by atoms with Crippen LogP contribution in [0.15, 0.2) is 24.3 Å². The minimum absolute atomic E-state index is 0.0794. The van der Waals surface area contributed by atoms with Crippen molar-refractivity contribution in [3.05, 3.63) is 24.3 Å². The lowest BCUT2D eigenvalue weighted by Gasteiger charge is -2.27. The number of anilines is 1. The first-order valence-corrected chi connectivity index (χ1v) is 4.67. The Hall–Kier alpha value is -1.22. The summed E-state index contributed by atoms with van der Waals surface area (Å²) in [5, 5.41) is 22.0. The minimum Gasteiger partial charge on any atom is -0.508 e. The highest BCUT2D eigenvalue weighted by Gasteiger charge is 2.21. The topological polar surface area (TPSA) is 52.5 Å². The number of aliphatic hydroxyl groups is 1. The number of aromatic hydroxyl groups is 1. The maximum atomic E-state index is 9.69. The van der Waals surface area contributed by atoms with Crippen molar-refractivity contribution in [3.63, 3.8) is 0 Å². The summed E-state index contributed by atoms with van der Waals surface area (Å²) in [4.78, 5) is 0. The third-order valence-electron chi connectivity index (χ3n) is 2.29. The van der Waals surface area contributed by atoms with Crippen LogP contribution >= 0.6 is 0 Å². The number of phenols is 1. The maximum absolute atomic E-state index is 9.69. The molecule has 1 aromatic rings. The lowest BCUT2D eigenvalue weighted by molar-refractivity contribution is 0.0649. The molecule has 0 fully saturated rings. The average molecular weight is 195 g/mol. The standard InChI is InChI=1S/C11H17NO2/c1-8(11(2,3)14)12-9-5-4-6-10(13)7-9/h4-8,12-14H,1-3H3. The first-order valence-electron chi connectivity index (χ1n) is 4.67. The minimum atomic E-state index is -0.786. The lowest BCUT2D eigenvalue weighted by atomic mass is 10.0. The van der Waals surface area contributed by atoms with Gasteiger partial charge in [0, 0.05) is 11.8 Å². The molecule has 0 radical (unpaired) electrons. The molecule has 0 heterocycles. The molecule has 3 N–H and O–H groups in total. The van der Waals surface area contributed by atoms with E-state index in [1.807, 2.05) is 13.0 Å². The molecule has 0 bridgehead atoms. The quantitative estimate of drug-likeness (QED) is 0.691. The predicted molar refractivity (Wildman–Crippen MR) is 57.5 cm³/mol. The summed E-state index contributed by atoms with van der Waals surface area (Å²) < 4.78 is 0. The zero-order valence-electron chi connectivity index (χ0n) is 8.78. The van der Waals surface area contributed by atoms with Gasteiger partial charge in [-0.05, 0) is 32.9 Å². The molecular weight excluding hydrogens is 178 g/mol. The summed E-state index contributed by atoms with van der Waals surface area (Å²) in [6.07, 6.45) is 0. The Morgan fingerprint density at radius 2 is 2.00 bits per heavy atom. The van der Waals surface area contributed by atoms with Gasteiger partial charge in [0.25, 0.3) is 0 Å². The summed E-state index contributed by atoms with van der Waals surface area (Å²) in [7, 11) is 0. The first kappa shape index (κ1) is 10.9. The van der Waals surface area contributed by atoms with Gasteiger partial charge in [0.05, 0.1) is 11.6 Å². The first-order chi connectivity index (χ1) is 6.39. The van der Waals surface area contributed by atoms with Gasteiger partial charge in [-0.3, -0.25) is 0 Å². The van der Waals surface area contributed by atoms with E-state index < -0.39 is 5.60 Å². The second-order valence-electron chi connectivity index (χ2n) is 4.07. The predicted octanol–water partition coefficient (Wildman–Crippen LogP) is 1.96. The Morgan fingerprint density at radius 1 is 1.36 bits per heavy atom. The Balaban J connectivity index is 2.70. The molecule has 0 aliphatic rings. The number of phenolic OH excluding ortho intramolecular Hbond substituents is 1. The van der Waals surface area contributed by atoms with Gasteiger partial charge in [0.2, 0.25) is 0 Å². The third kappa shape index (κ3) is 2.92. The highest BCUT2D eigenvalue weighted by atomic mass is 16.3. The van der Waals surface area contributed by atoms with Crippen LogP contribution in [0, 0.1) is 0 Å². The van der Waals surface area contributed by atoms with Crippen molar-refractivity contribution in [2.45, 2.75) is 32.4 Å². The summed E-state index contributed by atoms with van der Waals surface area (Å²) in [6.45, 7) is 5.38. The molecule has 0 aliphatic heterocycles. The van der Waals surface area contributed by atoms with Crippen molar-refractivity contribution in [1.82, 2.24) is 0 Å². The van der Waals surface area contributed by atoms with E-state index >= 15 is 0 Å². The Bertz CT molecular complexity index is 304. The monoisotopic (exact) mass is 195 g/mol. The fraction of sp³-hybridized carbons (Fsp3) is 0.455. The lowest BCUT2D eigenvalue weighted by Crippen LogP contribution is -2.39. The van der Waals surface area contributed by atoms with Crippen LogP contribution in [0.1, 0.15) is 20.8 Å². The number of rotatable bonds is 3. The van der Waals surface area contributed by atoms with Crippen molar-refractivity contribution in [3.8, 4) is 5.75 Å².